The van der Waals surface area contributed by atoms with Crippen molar-refractivity contribution in [1.82, 2.24) is 9.97 Å². The first-order chi connectivity index (χ1) is 13.5. The number of benzene rings is 2. The highest BCUT2D eigenvalue weighted by molar-refractivity contribution is 5.93. The number of aromatic carboxylic acids is 1. The van der Waals surface area contributed by atoms with E-state index in [0.29, 0.717) is 5.95 Å². The van der Waals surface area contributed by atoms with E-state index >= 15 is 0 Å². The molecular weight excluding hydrogens is 358 g/mol. The van der Waals surface area contributed by atoms with Crippen LogP contribution in [0, 0.1) is 0 Å². The predicted molar refractivity (Wildman–Crippen MR) is 105 cm³/mol. The number of hydrogen-bond acceptors (Lipinski definition) is 6. The highest BCUT2D eigenvalue weighted by Crippen LogP contribution is 2.29. The fourth-order valence-corrected chi connectivity index (χ4v) is 2.45. The van der Waals surface area contributed by atoms with Gasteiger partial charge in [-0.25, -0.2) is 4.79 Å². The topological polar surface area (TPSA) is 84.8 Å². The molecule has 0 aliphatic heterocycles. The lowest BCUT2D eigenvalue weighted by Gasteiger charge is -2.17. The SMILES string of the molecule is CN(C)c1nc(OCc2ccccc2)c(C(=O)O)c(OCc2ccccc2)n1. The van der Waals surface area contributed by atoms with E-state index in [-0.39, 0.29) is 30.5 Å². The van der Waals surface area contributed by atoms with Gasteiger partial charge in [-0.05, 0) is 11.1 Å². The van der Waals surface area contributed by atoms with Gasteiger partial charge in [-0.1, -0.05) is 60.7 Å². The number of rotatable bonds is 8. The van der Waals surface area contributed by atoms with Gasteiger partial charge < -0.3 is 19.5 Å². The zero-order chi connectivity index (χ0) is 19.9. The quantitative estimate of drug-likeness (QED) is 0.642. The molecule has 0 aliphatic rings. The summed E-state index contributed by atoms with van der Waals surface area (Å²) in [6, 6.07) is 18.9. The van der Waals surface area contributed by atoms with E-state index in [1.807, 2.05) is 60.7 Å². The second-order valence-electron chi connectivity index (χ2n) is 6.26. The first-order valence-electron chi connectivity index (χ1n) is 8.70. The molecule has 144 valence electrons. The molecule has 0 fully saturated rings. The maximum Gasteiger partial charge on any atom is 0.346 e. The van der Waals surface area contributed by atoms with E-state index < -0.39 is 5.97 Å². The van der Waals surface area contributed by atoms with Gasteiger partial charge in [-0.15, -0.1) is 0 Å². The Morgan fingerprint density at radius 1 is 0.857 bits per heavy atom. The Kier molecular flexibility index (Phi) is 6.06. The first kappa shape index (κ1) is 19.2. The van der Waals surface area contributed by atoms with Crippen molar-refractivity contribution in [2.24, 2.45) is 0 Å². The zero-order valence-corrected chi connectivity index (χ0v) is 15.7. The van der Waals surface area contributed by atoms with Crippen molar-refractivity contribution < 1.29 is 19.4 Å². The largest absolute Gasteiger partial charge is 0.477 e. The zero-order valence-electron chi connectivity index (χ0n) is 15.7. The predicted octanol–water partition coefficient (Wildman–Crippen LogP) is 3.40. The Balaban J connectivity index is 1.92. The maximum absolute atomic E-state index is 11.9. The number of carboxylic acid groups (broad SMARTS) is 1. The fraction of sp³-hybridized carbons (Fsp3) is 0.190. The van der Waals surface area contributed by atoms with Gasteiger partial charge in [0.15, 0.2) is 5.56 Å². The molecule has 28 heavy (non-hydrogen) atoms. The van der Waals surface area contributed by atoms with Gasteiger partial charge in [0.25, 0.3) is 0 Å². The molecule has 0 radical (unpaired) electrons. The van der Waals surface area contributed by atoms with Crippen molar-refractivity contribution in [2.75, 3.05) is 19.0 Å². The summed E-state index contributed by atoms with van der Waals surface area (Å²) in [6.45, 7) is 0.367. The summed E-state index contributed by atoms with van der Waals surface area (Å²) in [4.78, 5) is 22.1. The van der Waals surface area contributed by atoms with Crippen LogP contribution < -0.4 is 14.4 Å². The Bertz CT molecular complexity index is 866. The lowest BCUT2D eigenvalue weighted by atomic mass is 10.2. The van der Waals surface area contributed by atoms with Crippen LogP contribution in [0.4, 0.5) is 5.95 Å². The average molecular weight is 379 g/mol. The molecule has 3 aromatic rings. The van der Waals surface area contributed by atoms with Crippen molar-refractivity contribution in [3.8, 4) is 11.8 Å². The fourth-order valence-electron chi connectivity index (χ4n) is 2.45. The van der Waals surface area contributed by atoms with E-state index in [9.17, 15) is 9.90 Å². The van der Waals surface area contributed by atoms with Gasteiger partial charge in [-0.3, -0.25) is 0 Å². The highest BCUT2D eigenvalue weighted by atomic mass is 16.5. The molecule has 0 spiro atoms. The molecule has 2 aromatic carbocycles. The molecule has 7 nitrogen and oxygen atoms in total. The number of anilines is 1. The summed E-state index contributed by atoms with van der Waals surface area (Å²) in [7, 11) is 3.52. The molecular formula is C21H21N3O4. The normalized spacial score (nSPS) is 10.4. The lowest BCUT2D eigenvalue weighted by Crippen LogP contribution is -2.17. The smallest absolute Gasteiger partial charge is 0.346 e. The van der Waals surface area contributed by atoms with Gasteiger partial charge in [0.05, 0.1) is 0 Å². The van der Waals surface area contributed by atoms with Gasteiger partial charge in [0.2, 0.25) is 17.7 Å². The van der Waals surface area contributed by atoms with Gasteiger partial charge in [0, 0.05) is 14.1 Å². The summed E-state index contributed by atoms with van der Waals surface area (Å²) < 4.78 is 11.5. The van der Waals surface area contributed by atoms with Crippen molar-refractivity contribution in [3.63, 3.8) is 0 Å². The molecule has 0 bridgehead atoms. The minimum Gasteiger partial charge on any atom is -0.477 e. The van der Waals surface area contributed by atoms with Crippen LogP contribution in [0.25, 0.3) is 0 Å². The number of hydrogen-bond donors (Lipinski definition) is 1. The minimum atomic E-state index is -1.21. The minimum absolute atomic E-state index is 0.0295. The van der Waals surface area contributed by atoms with Crippen molar-refractivity contribution >= 4 is 11.9 Å². The van der Waals surface area contributed by atoms with Gasteiger partial charge >= 0.3 is 5.97 Å². The first-order valence-corrected chi connectivity index (χ1v) is 8.70. The Hall–Kier alpha value is -3.61. The summed E-state index contributed by atoms with van der Waals surface area (Å²) in [5, 5.41) is 9.72. The second kappa shape index (κ2) is 8.85. The number of aromatic nitrogens is 2. The maximum atomic E-state index is 11.9. The van der Waals surface area contributed by atoms with Gasteiger partial charge in [0.1, 0.15) is 13.2 Å². The summed E-state index contributed by atoms with van der Waals surface area (Å²) in [6.07, 6.45) is 0. The van der Waals surface area contributed by atoms with Crippen LogP contribution in [0.1, 0.15) is 21.5 Å². The molecule has 0 aliphatic carbocycles. The Morgan fingerprint density at radius 3 is 1.64 bits per heavy atom. The molecule has 0 amide bonds. The summed E-state index contributed by atoms with van der Waals surface area (Å²) >= 11 is 0. The van der Waals surface area contributed by atoms with Crippen molar-refractivity contribution in [1.29, 1.82) is 0 Å². The number of carbonyl (C=O) groups is 1. The van der Waals surface area contributed by atoms with E-state index in [1.54, 1.807) is 19.0 Å². The molecule has 7 heteroatoms. The van der Waals surface area contributed by atoms with Crippen molar-refractivity contribution in [3.05, 3.63) is 77.4 Å². The molecule has 0 saturated heterocycles. The van der Waals surface area contributed by atoms with Crippen molar-refractivity contribution in [2.45, 2.75) is 13.2 Å². The number of nitrogens with zero attached hydrogens (tertiary/aromatic N) is 3. The third kappa shape index (κ3) is 4.76. The summed E-state index contributed by atoms with van der Waals surface area (Å²) in [5.74, 6) is -0.969. The molecule has 0 saturated carbocycles. The molecule has 1 heterocycles. The lowest BCUT2D eigenvalue weighted by molar-refractivity contribution is 0.0683. The second-order valence-corrected chi connectivity index (χ2v) is 6.26. The monoisotopic (exact) mass is 379 g/mol. The standard InChI is InChI=1S/C21H21N3O4/c1-24(2)21-22-18(27-13-15-9-5-3-6-10-15)17(20(25)26)19(23-21)28-14-16-11-7-4-8-12-16/h3-12H,13-14H2,1-2H3,(H,25,26). The van der Waals surface area contributed by atoms with E-state index in [1.165, 1.54) is 0 Å². The Morgan fingerprint density at radius 2 is 1.29 bits per heavy atom. The van der Waals surface area contributed by atoms with Crippen LogP contribution in [0.15, 0.2) is 60.7 Å². The van der Waals surface area contributed by atoms with Crippen LogP contribution in [0.2, 0.25) is 0 Å². The third-order valence-corrected chi connectivity index (χ3v) is 3.88. The van der Waals surface area contributed by atoms with E-state index in [2.05, 4.69) is 9.97 Å². The van der Waals surface area contributed by atoms with Crippen LogP contribution in [0.3, 0.4) is 0 Å². The highest BCUT2D eigenvalue weighted by Gasteiger charge is 2.24. The van der Waals surface area contributed by atoms with Crippen LogP contribution in [0.5, 0.6) is 11.8 Å². The van der Waals surface area contributed by atoms with Crippen LogP contribution >= 0.6 is 0 Å². The van der Waals surface area contributed by atoms with Crippen LogP contribution in [-0.4, -0.2) is 35.1 Å². The molecule has 3 rings (SSSR count). The van der Waals surface area contributed by atoms with E-state index in [0.717, 1.165) is 11.1 Å². The Labute approximate surface area is 163 Å². The number of ether oxygens (including phenoxy) is 2. The molecule has 0 atom stereocenters. The van der Waals surface area contributed by atoms with E-state index in [4.69, 9.17) is 9.47 Å². The molecule has 0 unspecified atom stereocenters. The number of carboxylic acids is 1. The summed E-state index contributed by atoms with van der Waals surface area (Å²) in [5.41, 5.74) is 1.60. The molecule has 1 aromatic heterocycles. The average Bonchev–Trinajstić information content (AvgIpc) is 2.71. The molecule has 1 N–H and O–H groups in total. The third-order valence-electron chi connectivity index (χ3n) is 3.88. The van der Waals surface area contributed by atoms with Gasteiger partial charge in [-0.2, -0.15) is 9.97 Å². The van der Waals surface area contributed by atoms with Crippen LogP contribution in [-0.2, 0) is 13.2 Å².